The highest BCUT2D eigenvalue weighted by Crippen LogP contribution is 2.22. The van der Waals surface area contributed by atoms with E-state index in [4.69, 9.17) is 4.74 Å². The highest BCUT2D eigenvalue weighted by Gasteiger charge is 2.33. The van der Waals surface area contributed by atoms with E-state index in [1.807, 2.05) is 0 Å². The monoisotopic (exact) mass is 194 g/mol. The van der Waals surface area contributed by atoms with Crippen LogP contribution in [0.25, 0.3) is 0 Å². The van der Waals surface area contributed by atoms with Crippen LogP contribution in [0.2, 0.25) is 0 Å². The molecule has 0 radical (unpaired) electrons. The topological polar surface area (TPSA) is 9.23 Å². The van der Waals surface area contributed by atoms with Crippen LogP contribution < -0.4 is 0 Å². The maximum atomic E-state index is 12.8. The average molecular weight is 194 g/mol. The number of halogens is 2. The Kier molecular flexibility index (Phi) is 6.21. The van der Waals surface area contributed by atoms with E-state index in [1.54, 1.807) is 6.92 Å². The number of unbranched alkanes of at least 4 members (excludes halogenated alkanes) is 2. The normalized spacial score (nSPS) is 14.5. The minimum atomic E-state index is -2.71. The van der Waals surface area contributed by atoms with Crippen molar-refractivity contribution in [2.75, 3.05) is 6.61 Å². The van der Waals surface area contributed by atoms with Crippen LogP contribution in [0.4, 0.5) is 8.78 Å². The van der Waals surface area contributed by atoms with Crippen molar-refractivity contribution in [3.8, 4) is 0 Å². The van der Waals surface area contributed by atoms with Crippen LogP contribution in [0.1, 0.15) is 46.5 Å². The van der Waals surface area contributed by atoms with Gasteiger partial charge in [0, 0.05) is 13.5 Å². The number of hydrogen-bond donors (Lipinski definition) is 0. The Labute approximate surface area is 79.5 Å². The van der Waals surface area contributed by atoms with Gasteiger partial charge in [0.25, 0.3) is 5.92 Å². The van der Waals surface area contributed by atoms with Gasteiger partial charge in [-0.3, -0.25) is 0 Å². The predicted octanol–water partition coefficient (Wildman–Crippen LogP) is 3.63. The van der Waals surface area contributed by atoms with Crippen molar-refractivity contribution in [2.45, 2.75) is 58.5 Å². The molecule has 0 spiro atoms. The van der Waals surface area contributed by atoms with E-state index >= 15 is 0 Å². The van der Waals surface area contributed by atoms with Crippen LogP contribution in [0, 0.1) is 0 Å². The number of hydrogen-bond acceptors (Lipinski definition) is 1. The van der Waals surface area contributed by atoms with Gasteiger partial charge in [0.05, 0.1) is 0 Å². The lowest BCUT2D eigenvalue weighted by Crippen LogP contribution is -2.32. The van der Waals surface area contributed by atoms with E-state index in [9.17, 15) is 8.78 Å². The molecule has 0 bridgehead atoms. The first-order valence-electron chi connectivity index (χ1n) is 5.01. The molecule has 0 saturated carbocycles. The van der Waals surface area contributed by atoms with E-state index in [-0.39, 0.29) is 0 Å². The van der Waals surface area contributed by atoms with Gasteiger partial charge in [0.2, 0.25) is 0 Å². The van der Waals surface area contributed by atoms with Gasteiger partial charge in [-0.2, -0.15) is 0 Å². The zero-order chi connectivity index (χ0) is 10.3. The molecule has 1 nitrogen and oxygen atoms in total. The fourth-order valence-electron chi connectivity index (χ4n) is 1.20. The SMILES string of the molecule is CCCCCOC(CC)C(C)(F)F. The van der Waals surface area contributed by atoms with Gasteiger partial charge < -0.3 is 4.74 Å². The minimum Gasteiger partial charge on any atom is -0.372 e. The maximum absolute atomic E-state index is 12.8. The first-order chi connectivity index (χ1) is 6.02. The van der Waals surface area contributed by atoms with Crippen molar-refractivity contribution < 1.29 is 13.5 Å². The molecule has 0 aliphatic rings. The van der Waals surface area contributed by atoms with Crippen LogP contribution >= 0.6 is 0 Å². The molecule has 0 rings (SSSR count). The summed E-state index contributed by atoms with van der Waals surface area (Å²) in [6.45, 7) is 5.17. The molecule has 1 atom stereocenters. The Morgan fingerprint density at radius 1 is 1.23 bits per heavy atom. The van der Waals surface area contributed by atoms with Gasteiger partial charge in [0.15, 0.2) is 0 Å². The van der Waals surface area contributed by atoms with Gasteiger partial charge in [-0.1, -0.05) is 26.7 Å². The third-order valence-corrected chi connectivity index (χ3v) is 2.00. The molecule has 0 aromatic carbocycles. The first-order valence-corrected chi connectivity index (χ1v) is 5.01. The van der Waals surface area contributed by atoms with Crippen molar-refractivity contribution in [2.24, 2.45) is 0 Å². The van der Waals surface area contributed by atoms with Crippen molar-refractivity contribution >= 4 is 0 Å². The Morgan fingerprint density at radius 3 is 2.23 bits per heavy atom. The molecule has 1 unspecified atom stereocenters. The predicted molar refractivity (Wildman–Crippen MR) is 50.2 cm³/mol. The van der Waals surface area contributed by atoms with E-state index < -0.39 is 12.0 Å². The van der Waals surface area contributed by atoms with E-state index in [0.29, 0.717) is 13.0 Å². The van der Waals surface area contributed by atoms with Crippen LogP contribution in [-0.4, -0.2) is 18.6 Å². The van der Waals surface area contributed by atoms with E-state index in [2.05, 4.69) is 6.92 Å². The quantitative estimate of drug-likeness (QED) is 0.562. The van der Waals surface area contributed by atoms with Crippen molar-refractivity contribution in [3.05, 3.63) is 0 Å². The third kappa shape index (κ3) is 5.97. The number of ether oxygens (including phenoxy) is 1. The Balaban J connectivity index is 3.61. The summed E-state index contributed by atoms with van der Waals surface area (Å²) < 4.78 is 30.7. The van der Waals surface area contributed by atoms with Crippen molar-refractivity contribution in [1.29, 1.82) is 0 Å². The maximum Gasteiger partial charge on any atom is 0.270 e. The zero-order valence-electron chi connectivity index (χ0n) is 8.78. The van der Waals surface area contributed by atoms with Gasteiger partial charge in [-0.25, -0.2) is 8.78 Å². The fourth-order valence-corrected chi connectivity index (χ4v) is 1.20. The smallest absolute Gasteiger partial charge is 0.270 e. The zero-order valence-corrected chi connectivity index (χ0v) is 8.78. The largest absolute Gasteiger partial charge is 0.372 e. The van der Waals surface area contributed by atoms with E-state index in [0.717, 1.165) is 26.2 Å². The standard InChI is InChI=1S/C10H20F2O/c1-4-6-7-8-13-9(5-2)10(3,11)12/h9H,4-8H2,1-3H3. The number of alkyl halides is 2. The second-order valence-corrected chi connectivity index (χ2v) is 3.43. The molecule has 3 heteroatoms. The van der Waals surface area contributed by atoms with Gasteiger partial charge in [0.1, 0.15) is 6.10 Å². The molecule has 0 fully saturated rings. The molecule has 0 aromatic heterocycles. The third-order valence-electron chi connectivity index (χ3n) is 2.00. The highest BCUT2D eigenvalue weighted by molar-refractivity contribution is 4.70. The summed E-state index contributed by atoms with van der Waals surface area (Å²) in [5.41, 5.74) is 0. The summed E-state index contributed by atoms with van der Waals surface area (Å²) in [6, 6.07) is 0. The number of rotatable bonds is 7. The molecule has 0 aliphatic heterocycles. The molecule has 0 aromatic rings. The second-order valence-electron chi connectivity index (χ2n) is 3.43. The van der Waals surface area contributed by atoms with E-state index in [1.165, 1.54) is 0 Å². The Bertz CT molecular complexity index is 121. The van der Waals surface area contributed by atoms with Crippen molar-refractivity contribution in [3.63, 3.8) is 0 Å². The van der Waals surface area contributed by atoms with Crippen LogP contribution in [0.15, 0.2) is 0 Å². The average Bonchev–Trinajstić information content (AvgIpc) is 2.02. The fraction of sp³-hybridized carbons (Fsp3) is 1.00. The molecular weight excluding hydrogens is 174 g/mol. The summed E-state index contributed by atoms with van der Waals surface area (Å²) in [5.74, 6) is -2.71. The lowest BCUT2D eigenvalue weighted by molar-refractivity contribution is -0.126. The summed E-state index contributed by atoms with van der Waals surface area (Å²) in [4.78, 5) is 0. The lowest BCUT2D eigenvalue weighted by Gasteiger charge is -2.22. The van der Waals surface area contributed by atoms with Crippen LogP contribution in [-0.2, 0) is 4.74 Å². The highest BCUT2D eigenvalue weighted by atomic mass is 19.3. The van der Waals surface area contributed by atoms with Gasteiger partial charge in [-0.15, -0.1) is 0 Å². The second kappa shape index (κ2) is 6.30. The minimum absolute atomic E-state index is 0.371. The van der Waals surface area contributed by atoms with Gasteiger partial charge >= 0.3 is 0 Å². The van der Waals surface area contributed by atoms with Gasteiger partial charge in [-0.05, 0) is 12.8 Å². The summed E-state index contributed by atoms with van der Waals surface area (Å²) >= 11 is 0. The molecule has 0 N–H and O–H groups in total. The molecular formula is C10H20F2O. The summed E-state index contributed by atoms with van der Waals surface area (Å²) in [5, 5.41) is 0. The molecule has 0 heterocycles. The first kappa shape index (κ1) is 12.8. The Hall–Kier alpha value is -0.180. The molecule has 0 aliphatic carbocycles. The molecule has 0 amide bonds. The molecule has 80 valence electrons. The van der Waals surface area contributed by atoms with Crippen LogP contribution in [0.3, 0.4) is 0 Å². The van der Waals surface area contributed by atoms with Crippen molar-refractivity contribution in [1.82, 2.24) is 0 Å². The summed E-state index contributed by atoms with van der Waals surface area (Å²) in [6.07, 6.45) is 2.47. The summed E-state index contributed by atoms with van der Waals surface area (Å²) in [7, 11) is 0. The Morgan fingerprint density at radius 2 is 1.85 bits per heavy atom. The molecule has 0 saturated heterocycles. The molecule has 13 heavy (non-hydrogen) atoms. The lowest BCUT2D eigenvalue weighted by atomic mass is 10.1. The van der Waals surface area contributed by atoms with Crippen LogP contribution in [0.5, 0.6) is 0 Å².